The number of halogens is 2. The molecule has 25 heavy (non-hydrogen) atoms. The van der Waals surface area contributed by atoms with E-state index >= 15 is 0 Å². The maximum atomic E-state index is 12.3. The van der Waals surface area contributed by atoms with Crippen LogP contribution < -0.4 is 10.1 Å². The van der Waals surface area contributed by atoms with Gasteiger partial charge in [-0.15, -0.1) is 11.3 Å². The molecule has 1 heterocycles. The van der Waals surface area contributed by atoms with E-state index in [0.717, 1.165) is 11.1 Å². The number of rotatable bonds is 5. The lowest BCUT2D eigenvalue weighted by Crippen LogP contribution is -2.10. The van der Waals surface area contributed by atoms with Gasteiger partial charge in [-0.05, 0) is 54.3 Å². The number of ether oxygens (including phenoxy) is 1. The molecule has 1 aromatic heterocycles. The van der Waals surface area contributed by atoms with Crippen molar-refractivity contribution in [3.05, 3.63) is 80.0 Å². The van der Waals surface area contributed by atoms with E-state index in [2.05, 4.69) is 5.32 Å². The molecule has 0 aliphatic rings. The van der Waals surface area contributed by atoms with Crippen LogP contribution in [-0.2, 0) is 6.61 Å². The van der Waals surface area contributed by atoms with Crippen LogP contribution in [0.25, 0.3) is 0 Å². The van der Waals surface area contributed by atoms with Crippen LogP contribution in [0.5, 0.6) is 5.75 Å². The van der Waals surface area contributed by atoms with E-state index in [9.17, 15) is 4.79 Å². The third-order valence-corrected chi connectivity index (χ3v) is 5.13. The van der Waals surface area contributed by atoms with Crippen molar-refractivity contribution in [3.8, 4) is 5.75 Å². The van der Waals surface area contributed by atoms with Crippen molar-refractivity contribution < 1.29 is 9.53 Å². The number of nitrogens with one attached hydrogen (secondary N) is 1. The summed E-state index contributed by atoms with van der Waals surface area (Å²) in [6, 6.07) is 14.5. The first kappa shape index (κ1) is 17.8. The molecule has 0 atom stereocenters. The number of carbonyl (C=O) groups excluding carboxylic acids is 1. The van der Waals surface area contributed by atoms with Gasteiger partial charge in [-0.3, -0.25) is 4.79 Å². The second-order valence-corrected chi connectivity index (χ2v) is 7.24. The van der Waals surface area contributed by atoms with Gasteiger partial charge in [0.1, 0.15) is 12.4 Å². The number of aryl methyl sites for hydroxylation is 1. The van der Waals surface area contributed by atoms with E-state index in [-0.39, 0.29) is 5.91 Å². The highest BCUT2D eigenvalue weighted by Crippen LogP contribution is 2.23. The van der Waals surface area contributed by atoms with E-state index in [0.29, 0.717) is 33.0 Å². The molecular weight excluding hydrogens is 377 g/mol. The highest BCUT2D eigenvalue weighted by Gasteiger charge is 2.11. The number of benzene rings is 2. The summed E-state index contributed by atoms with van der Waals surface area (Å²) in [4.78, 5) is 13.0. The van der Waals surface area contributed by atoms with E-state index in [1.54, 1.807) is 18.2 Å². The van der Waals surface area contributed by atoms with Crippen LogP contribution in [0.2, 0.25) is 10.0 Å². The Morgan fingerprint density at radius 2 is 2.00 bits per heavy atom. The Morgan fingerprint density at radius 3 is 2.76 bits per heavy atom. The zero-order valence-electron chi connectivity index (χ0n) is 13.4. The van der Waals surface area contributed by atoms with Gasteiger partial charge in [-0.25, -0.2) is 0 Å². The number of carbonyl (C=O) groups is 1. The highest BCUT2D eigenvalue weighted by molar-refractivity contribution is 7.12. The molecule has 0 aliphatic heterocycles. The summed E-state index contributed by atoms with van der Waals surface area (Å²) in [7, 11) is 0. The third-order valence-electron chi connectivity index (χ3n) is 3.51. The lowest BCUT2D eigenvalue weighted by Gasteiger charge is -2.06. The van der Waals surface area contributed by atoms with Crippen molar-refractivity contribution in [2.75, 3.05) is 5.32 Å². The van der Waals surface area contributed by atoms with Crippen LogP contribution in [-0.4, -0.2) is 5.91 Å². The summed E-state index contributed by atoms with van der Waals surface area (Å²) in [5.41, 5.74) is 2.57. The Hall–Kier alpha value is -2.01. The Balaban J connectivity index is 1.62. The van der Waals surface area contributed by atoms with Crippen molar-refractivity contribution in [1.82, 2.24) is 0 Å². The summed E-state index contributed by atoms with van der Waals surface area (Å²) >= 11 is 13.4. The predicted molar refractivity (Wildman–Crippen MR) is 104 cm³/mol. The molecule has 0 fully saturated rings. The summed E-state index contributed by atoms with van der Waals surface area (Å²) in [5, 5.41) is 6.00. The molecule has 0 unspecified atom stereocenters. The maximum absolute atomic E-state index is 12.3. The van der Waals surface area contributed by atoms with Gasteiger partial charge in [-0.1, -0.05) is 35.3 Å². The molecule has 0 bridgehead atoms. The van der Waals surface area contributed by atoms with E-state index in [1.165, 1.54) is 11.3 Å². The molecule has 1 amide bonds. The topological polar surface area (TPSA) is 38.3 Å². The molecule has 3 aromatic rings. The summed E-state index contributed by atoms with van der Waals surface area (Å²) in [6.07, 6.45) is 0. The van der Waals surface area contributed by atoms with Crippen molar-refractivity contribution in [3.63, 3.8) is 0 Å². The zero-order chi connectivity index (χ0) is 17.8. The van der Waals surface area contributed by atoms with E-state index in [4.69, 9.17) is 27.9 Å². The second-order valence-electron chi connectivity index (χ2n) is 5.48. The van der Waals surface area contributed by atoms with Crippen LogP contribution in [0.4, 0.5) is 5.69 Å². The van der Waals surface area contributed by atoms with Gasteiger partial charge in [0.2, 0.25) is 0 Å². The van der Waals surface area contributed by atoms with E-state index < -0.39 is 0 Å². The Labute approximate surface area is 160 Å². The first-order valence-electron chi connectivity index (χ1n) is 7.54. The minimum absolute atomic E-state index is 0.168. The fourth-order valence-electron chi connectivity index (χ4n) is 2.16. The fourth-order valence-corrected chi connectivity index (χ4v) is 3.31. The normalized spacial score (nSPS) is 10.5. The minimum atomic E-state index is -0.168. The Bertz CT molecular complexity index is 908. The van der Waals surface area contributed by atoms with Gasteiger partial charge in [0.15, 0.2) is 0 Å². The number of hydrogen-bond donors (Lipinski definition) is 1. The van der Waals surface area contributed by atoms with Crippen LogP contribution in [0.3, 0.4) is 0 Å². The van der Waals surface area contributed by atoms with Crippen LogP contribution in [0.1, 0.15) is 20.8 Å². The smallest absolute Gasteiger partial charge is 0.265 e. The lowest BCUT2D eigenvalue weighted by atomic mass is 10.2. The first-order valence-corrected chi connectivity index (χ1v) is 9.18. The molecule has 6 heteroatoms. The Morgan fingerprint density at radius 1 is 1.16 bits per heavy atom. The highest BCUT2D eigenvalue weighted by atomic mass is 35.5. The van der Waals surface area contributed by atoms with Crippen LogP contribution >= 0.6 is 34.5 Å². The van der Waals surface area contributed by atoms with Gasteiger partial charge in [0, 0.05) is 21.3 Å². The Kier molecular flexibility index (Phi) is 5.63. The molecule has 2 aromatic carbocycles. The molecule has 0 radical (unpaired) electrons. The largest absolute Gasteiger partial charge is 0.489 e. The van der Waals surface area contributed by atoms with Crippen molar-refractivity contribution in [2.45, 2.75) is 13.5 Å². The molecule has 0 saturated heterocycles. The van der Waals surface area contributed by atoms with E-state index in [1.807, 2.05) is 42.6 Å². The monoisotopic (exact) mass is 391 g/mol. The van der Waals surface area contributed by atoms with Gasteiger partial charge in [0.25, 0.3) is 5.91 Å². The summed E-state index contributed by atoms with van der Waals surface area (Å²) in [6.45, 7) is 2.29. The predicted octanol–water partition coefficient (Wildman–Crippen LogP) is 6.19. The first-order chi connectivity index (χ1) is 12.0. The number of hydrogen-bond acceptors (Lipinski definition) is 3. The minimum Gasteiger partial charge on any atom is -0.489 e. The lowest BCUT2D eigenvalue weighted by molar-refractivity contribution is 0.103. The number of thiophene rings is 1. The van der Waals surface area contributed by atoms with Gasteiger partial charge >= 0.3 is 0 Å². The quantitative estimate of drug-likeness (QED) is 0.562. The van der Waals surface area contributed by atoms with Crippen molar-refractivity contribution >= 4 is 46.1 Å². The molecule has 128 valence electrons. The maximum Gasteiger partial charge on any atom is 0.265 e. The number of anilines is 1. The third kappa shape index (κ3) is 4.75. The van der Waals surface area contributed by atoms with Gasteiger partial charge in [-0.2, -0.15) is 0 Å². The second kappa shape index (κ2) is 7.91. The summed E-state index contributed by atoms with van der Waals surface area (Å²) in [5.74, 6) is 0.526. The molecule has 0 aliphatic carbocycles. The fraction of sp³-hybridized carbons (Fsp3) is 0.105. The molecule has 0 spiro atoms. The van der Waals surface area contributed by atoms with Gasteiger partial charge in [0.05, 0.1) is 4.88 Å². The van der Waals surface area contributed by atoms with Crippen LogP contribution in [0, 0.1) is 6.92 Å². The average Bonchev–Trinajstić information content (AvgIpc) is 3.06. The summed E-state index contributed by atoms with van der Waals surface area (Å²) < 4.78 is 5.69. The average molecular weight is 392 g/mol. The standard InChI is InChI=1S/C19H15Cl2NO2S/c1-12-5-6-15(9-17(12)21)22-19(23)18-7-13(11-25-18)10-24-16-4-2-3-14(20)8-16/h2-9,11H,10H2,1H3,(H,22,23). The zero-order valence-corrected chi connectivity index (χ0v) is 15.7. The molecular formula is C19H15Cl2NO2S. The number of amides is 1. The molecule has 0 saturated carbocycles. The van der Waals surface area contributed by atoms with Crippen molar-refractivity contribution in [2.24, 2.45) is 0 Å². The van der Waals surface area contributed by atoms with Crippen molar-refractivity contribution in [1.29, 1.82) is 0 Å². The molecule has 3 rings (SSSR count). The van der Waals surface area contributed by atoms with Crippen LogP contribution in [0.15, 0.2) is 53.9 Å². The SMILES string of the molecule is Cc1ccc(NC(=O)c2cc(COc3cccc(Cl)c3)cs2)cc1Cl. The molecule has 1 N–H and O–H groups in total. The van der Waals surface area contributed by atoms with Gasteiger partial charge < -0.3 is 10.1 Å². The molecule has 3 nitrogen and oxygen atoms in total.